The number of rotatable bonds is 3. The van der Waals surface area contributed by atoms with Crippen LogP contribution in [-0.4, -0.2) is 12.1 Å². The predicted molar refractivity (Wildman–Crippen MR) is 66.7 cm³/mol. The van der Waals surface area contributed by atoms with Gasteiger partial charge in [0.1, 0.15) is 5.75 Å². The molecule has 1 saturated carbocycles. The van der Waals surface area contributed by atoms with Gasteiger partial charge in [-0.25, -0.2) is 0 Å². The molecule has 1 aromatic rings. The molecule has 1 fully saturated rings. The average molecular weight is 219 g/mol. The van der Waals surface area contributed by atoms with Gasteiger partial charge in [-0.15, -0.1) is 0 Å². The molecule has 2 N–H and O–H groups in total. The minimum atomic E-state index is 0.227. The SMILES string of the molecule is CC(C)Oc1ccc(C2C(N)C2(C)C)cc1. The molecule has 0 heterocycles. The standard InChI is InChI=1S/C14H21NO/c1-9(2)16-11-7-5-10(6-8-11)12-13(15)14(12,3)4/h5-9,12-13H,15H2,1-4H3. The molecule has 1 aliphatic rings. The van der Waals surface area contributed by atoms with Crippen molar-refractivity contribution < 1.29 is 4.74 Å². The Labute approximate surface area is 97.8 Å². The molecule has 2 atom stereocenters. The largest absolute Gasteiger partial charge is 0.491 e. The monoisotopic (exact) mass is 219 g/mol. The summed E-state index contributed by atoms with van der Waals surface area (Å²) in [5, 5.41) is 0. The second kappa shape index (κ2) is 3.77. The van der Waals surface area contributed by atoms with Crippen LogP contribution < -0.4 is 10.5 Å². The molecule has 0 amide bonds. The Morgan fingerprint density at radius 1 is 1.19 bits per heavy atom. The smallest absolute Gasteiger partial charge is 0.119 e. The van der Waals surface area contributed by atoms with E-state index in [0.717, 1.165) is 5.75 Å². The third-order valence-corrected chi connectivity index (χ3v) is 3.52. The topological polar surface area (TPSA) is 35.2 Å². The molecule has 0 aliphatic heterocycles. The van der Waals surface area contributed by atoms with E-state index in [4.69, 9.17) is 10.5 Å². The summed E-state index contributed by atoms with van der Waals surface area (Å²) in [5.41, 5.74) is 7.64. The minimum absolute atomic E-state index is 0.227. The molecule has 2 nitrogen and oxygen atoms in total. The second-order valence-corrected chi connectivity index (χ2v) is 5.56. The lowest BCUT2D eigenvalue weighted by Crippen LogP contribution is -2.06. The number of hydrogen-bond acceptors (Lipinski definition) is 2. The number of ether oxygens (including phenoxy) is 1. The fourth-order valence-corrected chi connectivity index (χ4v) is 2.34. The van der Waals surface area contributed by atoms with E-state index in [-0.39, 0.29) is 11.5 Å². The molecule has 88 valence electrons. The van der Waals surface area contributed by atoms with E-state index in [9.17, 15) is 0 Å². The Morgan fingerprint density at radius 3 is 2.06 bits per heavy atom. The zero-order chi connectivity index (χ0) is 11.9. The fraction of sp³-hybridized carbons (Fsp3) is 0.571. The molecule has 0 saturated heterocycles. The maximum atomic E-state index is 6.06. The Hall–Kier alpha value is -1.02. The number of hydrogen-bond donors (Lipinski definition) is 1. The summed E-state index contributed by atoms with van der Waals surface area (Å²) >= 11 is 0. The van der Waals surface area contributed by atoms with Crippen molar-refractivity contribution in [1.82, 2.24) is 0 Å². The van der Waals surface area contributed by atoms with Gasteiger partial charge in [-0.1, -0.05) is 26.0 Å². The highest BCUT2D eigenvalue weighted by Crippen LogP contribution is 2.57. The Bertz CT molecular complexity index is 367. The molecule has 2 rings (SSSR count). The van der Waals surface area contributed by atoms with E-state index in [1.807, 2.05) is 26.0 Å². The van der Waals surface area contributed by atoms with Gasteiger partial charge in [0.05, 0.1) is 6.10 Å². The van der Waals surface area contributed by atoms with E-state index >= 15 is 0 Å². The van der Waals surface area contributed by atoms with Crippen molar-refractivity contribution in [3.05, 3.63) is 29.8 Å². The highest BCUT2D eigenvalue weighted by Gasteiger charge is 2.55. The summed E-state index contributed by atoms with van der Waals surface area (Å²) in [6.45, 7) is 8.52. The maximum absolute atomic E-state index is 6.06. The summed E-state index contributed by atoms with van der Waals surface area (Å²) in [4.78, 5) is 0. The van der Waals surface area contributed by atoms with Crippen molar-refractivity contribution in [1.29, 1.82) is 0 Å². The third kappa shape index (κ3) is 1.94. The lowest BCUT2D eigenvalue weighted by Gasteiger charge is -2.10. The van der Waals surface area contributed by atoms with Gasteiger partial charge >= 0.3 is 0 Å². The molecular formula is C14H21NO. The first-order chi connectivity index (χ1) is 7.43. The molecule has 16 heavy (non-hydrogen) atoms. The van der Waals surface area contributed by atoms with Crippen molar-refractivity contribution >= 4 is 0 Å². The van der Waals surface area contributed by atoms with E-state index in [0.29, 0.717) is 12.0 Å². The average Bonchev–Trinajstić information content (AvgIpc) is 2.67. The second-order valence-electron chi connectivity index (χ2n) is 5.56. The number of nitrogens with two attached hydrogens (primary N) is 1. The van der Waals surface area contributed by atoms with Gasteiger partial charge in [-0.05, 0) is 37.0 Å². The van der Waals surface area contributed by atoms with Crippen molar-refractivity contribution in [3.8, 4) is 5.75 Å². The zero-order valence-corrected chi connectivity index (χ0v) is 10.5. The molecule has 2 unspecified atom stereocenters. The van der Waals surface area contributed by atoms with E-state index < -0.39 is 0 Å². The zero-order valence-electron chi connectivity index (χ0n) is 10.5. The van der Waals surface area contributed by atoms with Crippen LogP contribution in [0.2, 0.25) is 0 Å². The summed E-state index contributed by atoms with van der Waals surface area (Å²) in [6.07, 6.45) is 0.227. The van der Waals surface area contributed by atoms with E-state index in [1.54, 1.807) is 0 Å². The molecule has 0 aromatic heterocycles. The van der Waals surface area contributed by atoms with Gasteiger partial charge in [0.2, 0.25) is 0 Å². The van der Waals surface area contributed by atoms with Crippen LogP contribution in [0.4, 0.5) is 0 Å². The highest BCUT2D eigenvalue weighted by molar-refractivity contribution is 5.37. The molecule has 2 heteroatoms. The van der Waals surface area contributed by atoms with Crippen molar-refractivity contribution in [2.24, 2.45) is 11.1 Å². The summed E-state index contributed by atoms with van der Waals surface area (Å²) < 4.78 is 5.62. The van der Waals surface area contributed by atoms with Crippen LogP contribution in [0.15, 0.2) is 24.3 Å². The van der Waals surface area contributed by atoms with Crippen LogP contribution in [0.1, 0.15) is 39.2 Å². The van der Waals surface area contributed by atoms with Gasteiger partial charge in [0, 0.05) is 12.0 Å². The van der Waals surface area contributed by atoms with Gasteiger partial charge in [-0.3, -0.25) is 0 Å². The lowest BCUT2D eigenvalue weighted by atomic mass is 10.0. The Morgan fingerprint density at radius 2 is 1.69 bits per heavy atom. The van der Waals surface area contributed by atoms with Crippen LogP contribution in [0, 0.1) is 5.41 Å². The van der Waals surface area contributed by atoms with Gasteiger partial charge < -0.3 is 10.5 Å². The van der Waals surface area contributed by atoms with Crippen LogP contribution >= 0.6 is 0 Å². The van der Waals surface area contributed by atoms with Gasteiger partial charge in [0.25, 0.3) is 0 Å². The molecule has 1 aromatic carbocycles. The molecule has 0 bridgehead atoms. The molecule has 0 radical (unpaired) electrons. The first-order valence-corrected chi connectivity index (χ1v) is 5.95. The quantitative estimate of drug-likeness (QED) is 0.848. The van der Waals surface area contributed by atoms with Crippen LogP contribution in [0.25, 0.3) is 0 Å². The Kier molecular flexibility index (Phi) is 2.70. The summed E-state index contributed by atoms with van der Waals surface area (Å²) in [5.74, 6) is 1.44. The van der Waals surface area contributed by atoms with Crippen molar-refractivity contribution in [2.45, 2.75) is 45.8 Å². The van der Waals surface area contributed by atoms with Crippen molar-refractivity contribution in [2.75, 3.05) is 0 Å². The lowest BCUT2D eigenvalue weighted by molar-refractivity contribution is 0.242. The van der Waals surface area contributed by atoms with E-state index in [1.165, 1.54) is 5.56 Å². The van der Waals surface area contributed by atoms with Crippen molar-refractivity contribution in [3.63, 3.8) is 0 Å². The third-order valence-electron chi connectivity index (χ3n) is 3.52. The molecular weight excluding hydrogens is 198 g/mol. The normalized spacial score (nSPS) is 26.9. The van der Waals surface area contributed by atoms with Crippen LogP contribution in [-0.2, 0) is 0 Å². The molecule has 0 spiro atoms. The molecule has 1 aliphatic carbocycles. The van der Waals surface area contributed by atoms with Crippen LogP contribution in [0.3, 0.4) is 0 Å². The predicted octanol–water partition coefficient (Wildman–Crippen LogP) is 2.92. The summed E-state index contributed by atoms with van der Waals surface area (Å²) in [7, 11) is 0. The number of benzene rings is 1. The maximum Gasteiger partial charge on any atom is 0.119 e. The van der Waals surface area contributed by atoms with Crippen LogP contribution in [0.5, 0.6) is 5.75 Å². The van der Waals surface area contributed by atoms with Gasteiger partial charge in [0.15, 0.2) is 0 Å². The first kappa shape index (κ1) is 11.5. The highest BCUT2D eigenvalue weighted by atomic mass is 16.5. The fourth-order valence-electron chi connectivity index (χ4n) is 2.34. The minimum Gasteiger partial charge on any atom is -0.491 e. The Balaban J connectivity index is 2.09. The van der Waals surface area contributed by atoms with Gasteiger partial charge in [-0.2, -0.15) is 0 Å². The first-order valence-electron chi connectivity index (χ1n) is 5.95. The summed E-state index contributed by atoms with van der Waals surface area (Å²) in [6, 6.07) is 8.64. The van der Waals surface area contributed by atoms with E-state index in [2.05, 4.69) is 26.0 Å².